The smallest absolute Gasteiger partial charge is 0.226 e. The quantitative estimate of drug-likeness (QED) is 0.506. The molecule has 0 aliphatic carbocycles. The molecule has 8 heteroatoms. The lowest BCUT2D eigenvalue weighted by molar-refractivity contribution is 0.768. The Morgan fingerprint density at radius 2 is 2.00 bits per heavy atom. The van der Waals surface area contributed by atoms with Crippen molar-refractivity contribution in [2.75, 3.05) is 0 Å². The maximum Gasteiger partial charge on any atom is 0.226 e. The van der Waals surface area contributed by atoms with Crippen molar-refractivity contribution in [2.45, 2.75) is 0 Å². The number of hydrogen-bond donors (Lipinski definition) is 0. The SMILES string of the molecule is Cn1cc(-c2nc3c4cc(Cl)ccc4nc(Cl)n3n2)cn1. The first kappa shape index (κ1) is 12.6. The van der Waals surface area contributed by atoms with Crippen molar-refractivity contribution in [3.8, 4) is 11.4 Å². The largest absolute Gasteiger partial charge is 0.275 e. The average Bonchev–Trinajstić information content (AvgIpc) is 3.06. The first-order chi connectivity index (χ1) is 10.1. The molecule has 0 atom stereocenters. The number of nitrogens with zero attached hydrogens (tertiary/aromatic N) is 6. The molecular formula is C13H8Cl2N6. The molecule has 4 aromatic rings. The number of halogens is 2. The zero-order chi connectivity index (χ0) is 14.6. The molecule has 6 nitrogen and oxygen atoms in total. The van der Waals surface area contributed by atoms with Gasteiger partial charge in [0, 0.05) is 23.7 Å². The zero-order valence-electron chi connectivity index (χ0n) is 10.8. The van der Waals surface area contributed by atoms with Gasteiger partial charge in [-0.05, 0) is 29.8 Å². The van der Waals surface area contributed by atoms with E-state index >= 15 is 0 Å². The molecular weight excluding hydrogens is 311 g/mol. The fourth-order valence-corrected chi connectivity index (χ4v) is 2.59. The van der Waals surface area contributed by atoms with Gasteiger partial charge in [-0.15, -0.1) is 5.10 Å². The van der Waals surface area contributed by atoms with E-state index in [-0.39, 0.29) is 5.28 Å². The summed E-state index contributed by atoms with van der Waals surface area (Å²) in [5.41, 5.74) is 2.15. The molecule has 0 radical (unpaired) electrons. The van der Waals surface area contributed by atoms with E-state index in [0.29, 0.717) is 16.5 Å². The van der Waals surface area contributed by atoms with E-state index in [1.54, 1.807) is 23.0 Å². The Bertz CT molecular complexity index is 987. The minimum Gasteiger partial charge on any atom is -0.275 e. The Morgan fingerprint density at radius 3 is 2.76 bits per heavy atom. The summed E-state index contributed by atoms with van der Waals surface area (Å²) in [6, 6.07) is 5.38. The lowest BCUT2D eigenvalue weighted by Crippen LogP contribution is -1.94. The predicted molar refractivity (Wildman–Crippen MR) is 80.5 cm³/mol. The molecule has 3 heterocycles. The highest BCUT2D eigenvalue weighted by molar-refractivity contribution is 6.32. The molecule has 0 fully saturated rings. The summed E-state index contributed by atoms with van der Waals surface area (Å²) in [5.74, 6) is 0.541. The summed E-state index contributed by atoms with van der Waals surface area (Å²) in [4.78, 5) is 8.85. The van der Waals surface area contributed by atoms with Crippen molar-refractivity contribution >= 4 is 39.8 Å². The van der Waals surface area contributed by atoms with Crippen molar-refractivity contribution in [3.63, 3.8) is 0 Å². The molecule has 0 amide bonds. The van der Waals surface area contributed by atoms with E-state index in [4.69, 9.17) is 23.2 Å². The number of hydrogen-bond acceptors (Lipinski definition) is 4. The molecule has 104 valence electrons. The Hall–Kier alpha value is -2.18. The number of benzene rings is 1. The van der Waals surface area contributed by atoms with Gasteiger partial charge in [-0.3, -0.25) is 4.68 Å². The van der Waals surface area contributed by atoms with Gasteiger partial charge in [0.2, 0.25) is 5.28 Å². The fraction of sp³-hybridized carbons (Fsp3) is 0.0769. The van der Waals surface area contributed by atoms with E-state index < -0.39 is 0 Å². The van der Waals surface area contributed by atoms with E-state index in [0.717, 1.165) is 16.5 Å². The van der Waals surface area contributed by atoms with Crippen LogP contribution in [0.3, 0.4) is 0 Å². The molecule has 0 aliphatic rings. The highest BCUT2D eigenvalue weighted by atomic mass is 35.5. The summed E-state index contributed by atoms with van der Waals surface area (Å²) in [5, 5.41) is 10.2. The second-order valence-corrected chi connectivity index (χ2v) is 5.39. The van der Waals surface area contributed by atoms with Crippen LogP contribution in [0, 0.1) is 0 Å². The zero-order valence-corrected chi connectivity index (χ0v) is 12.3. The van der Waals surface area contributed by atoms with Crippen LogP contribution in [0.15, 0.2) is 30.6 Å². The average molecular weight is 319 g/mol. The van der Waals surface area contributed by atoms with Crippen molar-refractivity contribution in [3.05, 3.63) is 40.9 Å². The summed E-state index contributed by atoms with van der Waals surface area (Å²) in [7, 11) is 1.84. The van der Waals surface area contributed by atoms with Gasteiger partial charge in [0.1, 0.15) is 0 Å². The minimum atomic E-state index is 0.252. The van der Waals surface area contributed by atoms with Gasteiger partial charge in [0.25, 0.3) is 0 Å². The van der Waals surface area contributed by atoms with E-state index in [2.05, 4.69) is 20.2 Å². The maximum absolute atomic E-state index is 6.18. The van der Waals surface area contributed by atoms with Crippen LogP contribution >= 0.6 is 23.2 Å². The van der Waals surface area contributed by atoms with E-state index in [1.165, 1.54) is 4.52 Å². The van der Waals surface area contributed by atoms with E-state index in [9.17, 15) is 0 Å². The Morgan fingerprint density at radius 1 is 1.14 bits per heavy atom. The first-order valence-corrected chi connectivity index (χ1v) is 6.88. The van der Waals surface area contributed by atoms with Crippen molar-refractivity contribution in [1.82, 2.24) is 29.4 Å². The van der Waals surface area contributed by atoms with Gasteiger partial charge in [-0.2, -0.15) is 9.61 Å². The molecule has 21 heavy (non-hydrogen) atoms. The highest BCUT2D eigenvalue weighted by Gasteiger charge is 2.14. The lowest BCUT2D eigenvalue weighted by Gasteiger charge is -2.01. The van der Waals surface area contributed by atoms with Gasteiger partial charge < -0.3 is 0 Å². The summed E-state index contributed by atoms with van der Waals surface area (Å²) >= 11 is 12.2. The van der Waals surface area contributed by atoms with Gasteiger partial charge >= 0.3 is 0 Å². The molecule has 0 saturated carbocycles. The van der Waals surface area contributed by atoms with Gasteiger partial charge in [-0.1, -0.05) is 11.6 Å². The fourth-order valence-electron chi connectivity index (χ4n) is 2.21. The second kappa shape index (κ2) is 4.41. The summed E-state index contributed by atoms with van der Waals surface area (Å²) in [6.45, 7) is 0. The molecule has 1 aromatic carbocycles. The Kier molecular flexibility index (Phi) is 2.63. The molecule has 4 rings (SSSR count). The maximum atomic E-state index is 6.18. The third kappa shape index (κ3) is 1.95. The standard InChI is InChI=1S/C13H8Cl2N6/c1-20-6-7(5-16-20)11-18-12-9-4-8(14)2-3-10(9)17-13(15)21(12)19-11/h2-6H,1H3. The number of aryl methyl sites for hydroxylation is 1. The lowest BCUT2D eigenvalue weighted by atomic mass is 10.2. The third-order valence-electron chi connectivity index (χ3n) is 3.16. The van der Waals surface area contributed by atoms with Crippen molar-refractivity contribution in [1.29, 1.82) is 0 Å². The molecule has 0 spiro atoms. The molecule has 0 saturated heterocycles. The predicted octanol–water partition coefficient (Wildman–Crippen LogP) is 2.98. The number of fused-ring (bicyclic) bond motifs is 3. The molecule has 3 aromatic heterocycles. The normalized spacial score (nSPS) is 11.6. The molecule has 0 aliphatic heterocycles. The van der Waals surface area contributed by atoms with Crippen LogP contribution in [0.4, 0.5) is 0 Å². The number of aromatic nitrogens is 6. The van der Waals surface area contributed by atoms with Crippen molar-refractivity contribution in [2.24, 2.45) is 7.05 Å². The molecule has 0 N–H and O–H groups in total. The third-order valence-corrected chi connectivity index (χ3v) is 3.64. The van der Waals surface area contributed by atoms with Crippen LogP contribution in [0.2, 0.25) is 10.3 Å². The Labute approximate surface area is 128 Å². The van der Waals surface area contributed by atoms with Crippen LogP contribution < -0.4 is 0 Å². The minimum absolute atomic E-state index is 0.252. The second-order valence-electron chi connectivity index (χ2n) is 4.62. The molecule has 0 bridgehead atoms. The van der Waals surface area contributed by atoms with Crippen LogP contribution in [0.1, 0.15) is 0 Å². The van der Waals surface area contributed by atoms with E-state index in [1.807, 2.05) is 19.3 Å². The van der Waals surface area contributed by atoms with Crippen LogP contribution in [-0.2, 0) is 7.05 Å². The Balaban J connectivity index is 2.08. The van der Waals surface area contributed by atoms with Crippen LogP contribution in [0.25, 0.3) is 27.9 Å². The topological polar surface area (TPSA) is 60.9 Å². The van der Waals surface area contributed by atoms with Gasteiger partial charge in [0.15, 0.2) is 11.5 Å². The highest BCUT2D eigenvalue weighted by Crippen LogP contribution is 2.26. The monoisotopic (exact) mass is 318 g/mol. The van der Waals surface area contributed by atoms with Crippen LogP contribution in [-0.4, -0.2) is 29.4 Å². The van der Waals surface area contributed by atoms with Crippen molar-refractivity contribution < 1.29 is 0 Å². The number of rotatable bonds is 1. The summed E-state index contributed by atoms with van der Waals surface area (Å²) < 4.78 is 3.19. The van der Waals surface area contributed by atoms with Gasteiger partial charge in [-0.25, -0.2) is 9.97 Å². The first-order valence-electron chi connectivity index (χ1n) is 6.12. The van der Waals surface area contributed by atoms with Crippen LogP contribution in [0.5, 0.6) is 0 Å². The molecule has 0 unspecified atom stereocenters. The van der Waals surface area contributed by atoms with Gasteiger partial charge in [0.05, 0.1) is 17.3 Å². The summed E-state index contributed by atoms with van der Waals surface area (Å²) in [6.07, 6.45) is 3.54.